The molecule has 2 radical (unpaired) electrons. The number of rotatable bonds is 1. The predicted octanol–water partition coefficient (Wildman–Crippen LogP) is 0.472. The summed E-state index contributed by atoms with van der Waals surface area (Å²) in [5, 5.41) is 1.99. The number of para-hydroxylation sites is 1. The van der Waals surface area contributed by atoms with Crippen molar-refractivity contribution in [2.24, 2.45) is 0 Å². The number of fused-ring (bicyclic) bond motifs is 1. The monoisotopic (exact) mass is 173 g/mol. The maximum Gasteiger partial charge on any atom is 0.267 e. The van der Waals surface area contributed by atoms with E-state index in [1.165, 1.54) is 0 Å². The fourth-order valence-corrected chi connectivity index (χ4v) is 1.68. The first-order valence-corrected chi connectivity index (χ1v) is 4.60. The Bertz CT molecular complexity index is 397. The van der Waals surface area contributed by atoms with E-state index in [0.29, 0.717) is 0 Å². The second kappa shape index (κ2) is 3.04. The standard InChI is InChI=1S/C9H7NOSi/c11-12-8-5-1-3-7-4-2-6-10-9(7)8/h1-6,11H. The van der Waals surface area contributed by atoms with Gasteiger partial charge in [-0.15, -0.1) is 0 Å². The van der Waals surface area contributed by atoms with Crippen LogP contribution < -0.4 is 5.19 Å². The molecule has 0 unspecified atom stereocenters. The summed E-state index contributed by atoms with van der Waals surface area (Å²) in [6.07, 6.45) is 1.74. The van der Waals surface area contributed by atoms with Crippen molar-refractivity contribution in [3.05, 3.63) is 36.5 Å². The van der Waals surface area contributed by atoms with Gasteiger partial charge in [-0.25, -0.2) is 0 Å². The molecule has 2 aromatic rings. The van der Waals surface area contributed by atoms with Crippen LogP contribution in [0.2, 0.25) is 0 Å². The van der Waals surface area contributed by atoms with Gasteiger partial charge in [0.15, 0.2) is 0 Å². The molecule has 0 atom stereocenters. The largest absolute Gasteiger partial charge is 0.428 e. The maximum absolute atomic E-state index is 9.02. The van der Waals surface area contributed by atoms with Crippen molar-refractivity contribution < 1.29 is 4.80 Å². The molecule has 1 N–H and O–H groups in total. The Morgan fingerprint density at radius 2 is 2.00 bits per heavy atom. The Balaban J connectivity index is 2.79. The number of aromatic nitrogens is 1. The summed E-state index contributed by atoms with van der Waals surface area (Å²) < 4.78 is 0. The highest BCUT2D eigenvalue weighted by molar-refractivity contribution is 6.49. The van der Waals surface area contributed by atoms with E-state index in [2.05, 4.69) is 4.98 Å². The Morgan fingerprint density at radius 1 is 1.17 bits per heavy atom. The zero-order valence-electron chi connectivity index (χ0n) is 6.36. The molecule has 0 bridgehead atoms. The van der Waals surface area contributed by atoms with E-state index >= 15 is 0 Å². The molecular formula is C9H7NOSi. The Labute approximate surface area is 72.8 Å². The zero-order chi connectivity index (χ0) is 8.39. The van der Waals surface area contributed by atoms with Gasteiger partial charge in [-0.3, -0.25) is 4.98 Å². The SMILES string of the molecule is O[Si]c1cccc2cccnc12. The van der Waals surface area contributed by atoms with Gasteiger partial charge in [0.05, 0.1) is 5.52 Å². The minimum absolute atomic E-state index is 0.179. The van der Waals surface area contributed by atoms with Gasteiger partial charge in [0.2, 0.25) is 0 Å². The third-order valence-corrected chi connectivity index (χ3v) is 2.40. The van der Waals surface area contributed by atoms with Crippen LogP contribution >= 0.6 is 0 Å². The molecule has 2 nitrogen and oxygen atoms in total. The molecule has 0 spiro atoms. The number of benzene rings is 1. The molecule has 2 rings (SSSR count). The zero-order valence-corrected chi connectivity index (χ0v) is 7.36. The molecule has 58 valence electrons. The van der Waals surface area contributed by atoms with Crippen molar-refractivity contribution in [1.82, 2.24) is 4.98 Å². The molecule has 1 aromatic carbocycles. The molecule has 3 heteroatoms. The molecule has 0 aliphatic carbocycles. The van der Waals surface area contributed by atoms with Crippen LogP contribution in [0.15, 0.2) is 36.5 Å². The van der Waals surface area contributed by atoms with E-state index in [1.54, 1.807) is 6.20 Å². The van der Waals surface area contributed by atoms with Gasteiger partial charge in [-0.05, 0) is 11.3 Å². The quantitative estimate of drug-likeness (QED) is 0.636. The summed E-state index contributed by atoms with van der Waals surface area (Å²) in [5.41, 5.74) is 0.904. The first-order valence-electron chi connectivity index (χ1n) is 3.65. The molecule has 1 aromatic heterocycles. The lowest BCUT2D eigenvalue weighted by Crippen LogP contribution is -2.14. The molecule has 12 heavy (non-hydrogen) atoms. The number of pyridine rings is 1. The first kappa shape index (κ1) is 7.46. The fraction of sp³-hybridized carbons (Fsp3) is 0. The summed E-state index contributed by atoms with van der Waals surface area (Å²) in [5.74, 6) is 0. The van der Waals surface area contributed by atoms with Crippen LogP contribution in [0.1, 0.15) is 0 Å². The lowest BCUT2D eigenvalue weighted by molar-refractivity contribution is 0.615. The predicted molar refractivity (Wildman–Crippen MR) is 49.3 cm³/mol. The van der Waals surface area contributed by atoms with E-state index in [9.17, 15) is 0 Å². The van der Waals surface area contributed by atoms with Gasteiger partial charge in [0, 0.05) is 11.6 Å². The maximum atomic E-state index is 9.02. The third-order valence-electron chi connectivity index (χ3n) is 1.75. The Hall–Kier alpha value is -1.19. The Morgan fingerprint density at radius 3 is 2.83 bits per heavy atom. The summed E-state index contributed by atoms with van der Waals surface area (Å²) >= 11 is 0. The number of hydrogen-bond donors (Lipinski definition) is 1. The molecule has 0 saturated carbocycles. The van der Waals surface area contributed by atoms with Crippen LogP contribution in [0.25, 0.3) is 10.9 Å². The molecule has 0 aliphatic heterocycles. The summed E-state index contributed by atoms with van der Waals surface area (Å²) in [6, 6.07) is 9.71. The minimum atomic E-state index is -0.179. The van der Waals surface area contributed by atoms with E-state index in [-0.39, 0.29) is 9.76 Å². The van der Waals surface area contributed by atoms with Crippen molar-refractivity contribution in [3.8, 4) is 0 Å². The van der Waals surface area contributed by atoms with Crippen LogP contribution in [-0.2, 0) is 0 Å². The molecular weight excluding hydrogens is 166 g/mol. The number of hydrogen-bond acceptors (Lipinski definition) is 2. The topological polar surface area (TPSA) is 33.1 Å². The first-order chi connectivity index (χ1) is 5.92. The smallest absolute Gasteiger partial charge is 0.267 e. The van der Waals surface area contributed by atoms with Gasteiger partial charge in [0.1, 0.15) is 0 Å². The molecule has 0 amide bonds. The van der Waals surface area contributed by atoms with Crippen molar-refractivity contribution in [3.63, 3.8) is 0 Å². The van der Waals surface area contributed by atoms with E-state index in [4.69, 9.17) is 4.80 Å². The van der Waals surface area contributed by atoms with Crippen LogP contribution in [0, 0.1) is 0 Å². The Kier molecular flexibility index (Phi) is 1.89. The van der Waals surface area contributed by atoms with Crippen molar-refractivity contribution >= 4 is 25.9 Å². The lowest BCUT2D eigenvalue weighted by Gasteiger charge is -1.99. The third kappa shape index (κ3) is 1.13. The average Bonchev–Trinajstić information content (AvgIpc) is 2.17. The molecule has 0 saturated heterocycles. The van der Waals surface area contributed by atoms with Gasteiger partial charge in [-0.2, -0.15) is 0 Å². The second-order valence-electron chi connectivity index (χ2n) is 2.49. The van der Waals surface area contributed by atoms with Gasteiger partial charge < -0.3 is 4.80 Å². The molecule has 0 fully saturated rings. The highest BCUT2D eigenvalue weighted by atomic mass is 28.2. The summed E-state index contributed by atoms with van der Waals surface area (Å²) in [4.78, 5) is 13.2. The molecule has 0 aliphatic rings. The highest BCUT2D eigenvalue weighted by Crippen LogP contribution is 2.06. The minimum Gasteiger partial charge on any atom is -0.428 e. The lowest BCUT2D eigenvalue weighted by atomic mass is 10.2. The van der Waals surface area contributed by atoms with Gasteiger partial charge in [-0.1, -0.05) is 24.3 Å². The van der Waals surface area contributed by atoms with Crippen LogP contribution in [-0.4, -0.2) is 19.5 Å². The summed E-state index contributed by atoms with van der Waals surface area (Å²) in [7, 11) is -0.179. The van der Waals surface area contributed by atoms with E-state index in [1.807, 2.05) is 30.3 Å². The number of nitrogens with zero attached hydrogens (tertiary/aromatic N) is 1. The van der Waals surface area contributed by atoms with Crippen LogP contribution in [0.4, 0.5) is 0 Å². The molecule has 1 heterocycles. The van der Waals surface area contributed by atoms with E-state index < -0.39 is 0 Å². The van der Waals surface area contributed by atoms with Crippen LogP contribution in [0.3, 0.4) is 0 Å². The summed E-state index contributed by atoms with van der Waals surface area (Å²) in [6.45, 7) is 0. The van der Waals surface area contributed by atoms with Crippen molar-refractivity contribution in [1.29, 1.82) is 0 Å². The van der Waals surface area contributed by atoms with Gasteiger partial charge >= 0.3 is 0 Å². The van der Waals surface area contributed by atoms with E-state index in [0.717, 1.165) is 16.1 Å². The normalized spacial score (nSPS) is 10.4. The fourth-order valence-electron chi connectivity index (χ4n) is 1.19. The highest BCUT2D eigenvalue weighted by Gasteiger charge is 1.99. The average molecular weight is 173 g/mol. The van der Waals surface area contributed by atoms with Gasteiger partial charge in [0.25, 0.3) is 9.76 Å². The van der Waals surface area contributed by atoms with Crippen LogP contribution in [0.5, 0.6) is 0 Å². The van der Waals surface area contributed by atoms with Crippen molar-refractivity contribution in [2.75, 3.05) is 0 Å². The van der Waals surface area contributed by atoms with Crippen molar-refractivity contribution in [2.45, 2.75) is 0 Å². The second-order valence-corrected chi connectivity index (χ2v) is 3.25.